The molecule has 0 spiro atoms. The summed E-state index contributed by atoms with van der Waals surface area (Å²) in [6.07, 6.45) is 1.64. The molecule has 0 aromatic rings. The van der Waals surface area contributed by atoms with Crippen molar-refractivity contribution < 1.29 is 9.53 Å². The van der Waals surface area contributed by atoms with Gasteiger partial charge < -0.3 is 19.9 Å². The monoisotopic (exact) mass is 384 g/mol. The number of piperidine rings is 1. The Hall–Kier alpha value is -0.730. The molecule has 0 saturated carbocycles. The van der Waals surface area contributed by atoms with Gasteiger partial charge in [-0.05, 0) is 19.8 Å². The summed E-state index contributed by atoms with van der Waals surface area (Å²) < 4.78 is 4.99. The highest BCUT2D eigenvalue weighted by molar-refractivity contribution is 14.0. The second kappa shape index (κ2) is 9.22. The van der Waals surface area contributed by atoms with Crippen LogP contribution >= 0.6 is 24.0 Å². The summed E-state index contributed by atoms with van der Waals surface area (Å²) in [6, 6.07) is 0.372. The van der Waals surface area contributed by atoms with E-state index in [1.807, 2.05) is 25.9 Å². The van der Waals surface area contributed by atoms with E-state index >= 15 is 0 Å². The summed E-state index contributed by atoms with van der Waals surface area (Å²) in [4.78, 5) is 19.5. The van der Waals surface area contributed by atoms with Crippen LogP contribution in [0.4, 0.5) is 4.79 Å². The first-order valence-electron chi connectivity index (χ1n) is 6.40. The third-order valence-corrected chi connectivity index (χ3v) is 2.99. The fourth-order valence-corrected chi connectivity index (χ4v) is 2.00. The lowest BCUT2D eigenvalue weighted by molar-refractivity contribution is 0.0962. The zero-order valence-electron chi connectivity index (χ0n) is 12.2. The summed E-state index contributed by atoms with van der Waals surface area (Å²) in [7, 11) is 5.70. The number of likely N-dealkylation sites (tertiary alicyclic amines) is 1. The van der Waals surface area contributed by atoms with Crippen LogP contribution < -0.4 is 5.32 Å². The van der Waals surface area contributed by atoms with Gasteiger partial charge in [-0.25, -0.2) is 4.79 Å². The first-order valence-corrected chi connectivity index (χ1v) is 6.40. The van der Waals surface area contributed by atoms with Gasteiger partial charge in [0, 0.05) is 40.3 Å². The molecule has 0 aromatic heterocycles. The van der Waals surface area contributed by atoms with Crippen LogP contribution in [0.2, 0.25) is 0 Å². The van der Waals surface area contributed by atoms with Gasteiger partial charge in [-0.15, -0.1) is 24.0 Å². The van der Waals surface area contributed by atoms with Gasteiger partial charge in [0.1, 0.15) is 0 Å². The van der Waals surface area contributed by atoms with Crippen LogP contribution in [0.25, 0.3) is 0 Å². The molecule has 1 rings (SSSR count). The maximum atomic E-state index is 11.5. The Morgan fingerprint density at radius 3 is 2.42 bits per heavy atom. The molecule has 0 radical (unpaired) electrons. The Morgan fingerprint density at radius 1 is 1.42 bits per heavy atom. The Kier molecular flexibility index (Phi) is 8.86. The number of rotatable bonds is 2. The van der Waals surface area contributed by atoms with Crippen molar-refractivity contribution in [2.75, 3.05) is 40.8 Å². The first kappa shape index (κ1) is 18.3. The predicted molar refractivity (Wildman–Crippen MR) is 87.2 cm³/mol. The second-order valence-corrected chi connectivity index (χ2v) is 4.55. The molecule has 1 saturated heterocycles. The number of hydrogen-bond donors (Lipinski definition) is 1. The van der Waals surface area contributed by atoms with Crippen molar-refractivity contribution >= 4 is 36.0 Å². The van der Waals surface area contributed by atoms with E-state index in [4.69, 9.17) is 4.74 Å². The standard InChI is InChI=1S/C12H24N4O2.HI/c1-5-18-12(17)16-8-6-10(7-9-16)14-11(13-2)15(3)4;/h10H,5-9H2,1-4H3,(H,13,14);1H. The molecular formula is C12H25IN4O2. The molecule has 0 aliphatic carbocycles. The van der Waals surface area contributed by atoms with Crippen LogP contribution in [0.1, 0.15) is 19.8 Å². The summed E-state index contributed by atoms with van der Waals surface area (Å²) in [6.45, 7) is 3.74. The lowest BCUT2D eigenvalue weighted by Gasteiger charge is -2.33. The zero-order chi connectivity index (χ0) is 13.5. The van der Waals surface area contributed by atoms with Gasteiger partial charge in [0.2, 0.25) is 0 Å². The molecule has 1 heterocycles. The Balaban J connectivity index is 0.00000324. The number of aliphatic imine (C=N–C) groups is 1. The largest absolute Gasteiger partial charge is 0.450 e. The van der Waals surface area contributed by atoms with E-state index < -0.39 is 0 Å². The van der Waals surface area contributed by atoms with E-state index in [0.717, 1.165) is 31.9 Å². The van der Waals surface area contributed by atoms with E-state index in [1.54, 1.807) is 11.9 Å². The summed E-state index contributed by atoms with van der Waals surface area (Å²) in [5.41, 5.74) is 0. The molecule has 1 aliphatic heterocycles. The average Bonchev–Trinajstić information content (AvgIpc) is 2.36. The zero-order valence-corrected chi connectivity index (χ0v) is 14.5. The van der Waals surface area contributed by atoms with Crippen molar-refractivity contribution in [3.63, 3.8) is 0 Å². The molecule has 6 nitrogen and oxygen atoms in total. The SMILES string of the molecule is CCOC(=O)N1CCC(NC(=NC)N(C)C)CC1.I. The molecule has 1 fully saturated rings. The van der Waals surface area contributed by atoms with Crippen molar-refractivity contribution in [1.29, 1.82) is 0 Å². The van der Waals surface area contributed by atoms with E-state index in [1.165, 1.54) is 0 Å². The summed E-state index contributed by atoms with van der Waals surface area (Å²) in [5, 5.41) is 3.39. The molecule has 112 valence electrons. The van der Waals surface area contributed by atoms with Gasteiger partial charge in [-0.3, -0.25) is 4.99 Å². The number of carbonyl (C=O) groups excluding carboxylic acids is 1. The van der Waals surface area contributed by atoms with Gasteiger partial charge in [-0.1, -0.05) is 0 Å². The van der Waals surface area contributed by atoms with Gasteiger partial charge >= 0.3 is 6.09 Å². The second-order valence-electron chi connectivity index (χ2n) is 4.55. The number of nitrogens with zero attached hydrogens (tertiary/aromatic N) is 3. The first-order chi connectivity index (χ1) is 8.58. The number of halogens is 1. The molecule has 0 aromatic carbocycles. The highest BCUT2D eigenvalue weighted by atomic mass is 127. The molecule has 0 bridgehead atoms. The molecule has 19 heavy (non-hydrogen) atoms. The fourth-order valence-electron chi connectivity index (χ4n) is 2.00. The smallest absolute Gasteiger partial charge is 0.409 e. The minimum atomic E-state index is -0.201. The van der Waals surface area contributed by atoms with Crippen molar-refractivity contribution in [2.45, 2.75) is 25.8 Å². The molecule has 0 atom stereocenters. The van der Waals surface area contributed by atoms with Gasteiger partial charge in [0.25, 0.3) is 0 Å². The lowest BCUT2D eigenvalue weighted by atomic mass is 10.1. The highest BCUT2D eigenvalue weighted by Gasteiger charge is 2.24. The van der Waals surface area contributed by atoms with Crippen molar-refractivity contribution in [1.82, 2.24) is 15.1 Å². The van der Waals surface area contributed by atoms with Gasteiger partial charge in [0.05, 0.1) is 6.61 Å². The number of carbonyl (C=O) groups is 1. The topological polar surface area (TPSA) is 57.2 Å². The van der Waals surface area contributed by atoms with Crippen LogP contribution in [0.5, 0.6) is 0 Å². The molecule has 1 N–H and O–H groups in total. The van der Waals surface area contributed by atoms with Crippen LogP contribution in [-0.2, 0) is 4.74 Å². The number of hydrogen-bond acceptors (Lipinski definition) is 3. The molecule has 1 amide bonds. The van der Waals surface area contributed by atoms with E-state index in [-0.39, 0.29) is 30.1 Å². The van der Waals surface area contributed by atoms with E-state index in [9.17, 15) is 4.79 Å². The van der Waals surface area contributed by atoms with Crippen molar-refractivity contribution in [3.8, 4) is 0 Å². The molecule has 0 unspecified atom stereocenters. The average molecular weight is 384 g/mol. The Morgan fingerprint density at radius 2 is 2.00 bits per heavy atom. The van der Waals surface area contributed by atoms with E-state index in [0.29, 0.717) is 12.6 Å². The Labute approximate surface area is 132 Å². The maximum Gasteiger partial charge on any atom is 0.409 e. The lowest BCUT2D eigenvalue weighted by Crippen LogP contribution is -2.49. The summed E-state index contributed by atoms with van der Waals surface area (Å²) >= 11 is 0. The van der Waals surface area contributed by atoms with E-state index in [2.05, 4.69) is 10.3 Å². The minimum absolute atomic E-state index is 0. The number of amides is 1. The Bertz CT molecular complexity index is 302. The summed E-state index contributed by atoms with van der Waals surface area (Å²) in [5.74, 6) is 0.879. The molecule has 7 heteroatoms. The quantitative estimate of drug-likeness (QED) is 0.444. The highest BCUT2D eigenvalue weighted by Crippen LogP contribution is 2.11. The van der Waals surface area contributed by atoms with Crippen molar-refractivity contribution in [2.24, 2.45) is 4.99 Å². The normalized spacial score (nSPS) is 16.6. The fraction of sp³-hybridized carbons (Fsp3) is 0.833. The van der Waals surface area contributed by atoms with Crippen LogP contribution in [0, 0.1) is 0 Å². The minimum Gasteiger partial charge on any atom is -0.450 e. The van der Waals surface area contributed by atoms with Crippen LogP contribution in [0.15, 0.2) is 4.99 Å². The maximum absolute atomic E-state index is 11.5. The molecule has 1 aliphatic rings. The van der Waals surface area contributed by atoms with Gasteiger partial charge in [0.15, 0.2) is 5.96 Å². The number of ether oxygens (including phenoxy) is 1. The van der Waals surface area contributed by atoms with Crippen molar-refractivity contribution in [3.05, 3.63) is 0 Å². The predicted octanol–water partition coefficient (Wildman–Crippen LogP) is 1.36. The van der Waals surface area contributed by atoms with Crippen LogP contribution in [-0.4, -0.2) is 68.7 Å². The number of nitrogens with one attached hydrogen (secondary N) is 1. The third kappa shape index (κ3) is 5.84. The number of guanidine groups is 1. The van der Waals surface area contributed by atoms with Crippen LogP contribution in [0.3, 0.4) is 0 Å². The molecular weight excluding hydrogens is 359 g/mol. The third-order valence-electron chi connectivity index (χ3n) is 2.99. The van der Waals surface area contributed by atoms with Gasteiger partial charge in [-0.2, -0.15) is 0 Å².